The van der Waals surface area contributed by atoms with Crippen molar-refractivity contribution >= 4 is 12.0 Å². The monoisotopic (exact) mass is 384 g/mol. The average Bonchev–Trinajstić information content (AvgIpc) is 2.88. The lowest BCUT2D eigenvalue weighted by molar-refractivity contribution is -0.160. The number of carbonyl (C=O) groups is 1. The van der Waals surface area contributed by atoms with Gasteiger partial charge >= 0.3 is 5.97 Å². The van der Waals surface area contributed by atoms with Gasteiger partial charge in [-0.25, -0.2) is 0 Å². The Morgan fingerprint density at radius 1 is 1.07 bits per heavy atom. The van der Waals surface area contributed by atoms with Crippen molar-refractivity contribution in [2.75, 3.05) is 0 Å². The van der Waals surface area contributed by atoms with Crippen LogP contribution in [0.1, 0.15) is 83.6 Å². The SMILES string of the molecule is C[C@@]1(CC(=O)O[C@H]2CCCCC[C@@H]2O)CCCC[C@]1(C)/C=C/c1ccccc1. The third-order valence-electron chi connectivity index (χ3n) is 7.23. The van der Waals surface area contributed by atoms with Crippen LogP contribution in [0.2, 0.25) is 0 Å². The zero-order chi connectivity index (χ0) is 20.0. The molecule has 0 unspecified atom stereocenters. The van der Waals surface area contributed by atoms with Gasteiger partial charge in [-0.2, -0.15) is 0 Å². The molecule has 2 aliphatic rings. The number of rotatable bonds is 5. The predicted molar refractivity (Wildman–Crippen MR) is 114 cm³/mol. The second-order valence-corrected chi connectivity index (χ2v) is 9.34. The number of carbonyl (C=O) groups excluding carboxylic acids is 1. The molecular formula is C25H36O3. The molecule has 0 spiro atoms. The Hall–Kier alpha value is -1.61. The zero-order valence-electron chi connectivity index (χ0n) is 17.5. The molecule has 2 fully saturated rings. The van der Waals surface area contributed by atoms with Crippen LogP contribution in [0.5, 0.6) is 0 Å². The van der Waals surface area contributed by atoms with Crippen LogP contribution in [0.15, 0.2) is 36.4 Å². The molecule has 3 rings (SSSR count). The van der Waals surface area contributed by atoms with Crippen molar-refractivity contribution in [3.05, 3.63) is 42.0 Å². The first kappa shape index (κ1) is 21.1. The lowest BCUT2D eigenvalue weighted by Crippen LogP contribution is -2.42. The van der Waals surface area contributed by atoms with Crippen LogP contribution in [0.4, 0.5) is 0 Å². The molecule has 0 radical (unpaired) electrons. The fourth-order valence-corrected chi connectivity index (χ4v) is 4.93. The van der Waals surface area contributed by atoms with Gasteiger partial charge in [-0.3, -0.25) is 4.79 Å². The minimum Gasteiger partial charge on any atom is -0.460 e. The summed E-state index contributed by atoms with van der Waals surface area (Å²) in [5, 5.41) is 10.3. The molecular weight excluding hydrogens is 348 g/mol. The fourth-order valence-electron chi connectivity index (χ4n) is 4.93. The minimum absolute atomic E-state index is 0.0395. The maximum absolute atomic E-state index is 12.8. The molecule has 0 aliphatic heterocycles. The topological polar surface area (TPSA) is 46.5 Å². The minimum atomic E-state index is -0.505. The molecule has 3 heteroatoms. The van der Waals surface area contributed by atoms with Crippen molar-refractivity contribution in [1.82, 2.24) is 0 Å². The second-order valence-electron chi connectivity index (χ2n) is 9.34. The zero-order valence-corrected chi connectivity index (χ0v) is 17.5. The number of aliphatic hydroxyl groups excluding tert-OH is 1. The molecule has 2 saturated carbocycles. The number of benzene rings is 1. The van der Waals surface area contributed by atoms with E-state index in [4.69, 9.17) is 4.74 Å². The van der Waals surface area contributed by atoms with E-state index in [9.17, 15) is 9.90 Å². The standard InChI is InChI=1S/C25H36O3/c1-24(18-15-20-11-5-3-6-12-20)16-9-10-17-25(24,2)19-23(27)28-22-14-8-4-7-13-21(22)26/h3,5-6,11-12,15,18,21-22,26H,4,7-10,13-14,16-17,19H2,1-2H3/b18-15+/t21-,22-,24+,25-/m0/s1. The van der Waals surface area contributed by atoms with Crippen molar-refractivity contribution in [3.8, 4) is 0 Å². The maximum atomic E-state index is 12.8. The van der Waals surface area contributed by atoms with Crippen molar-refractivity contribution in [2.24, 2.45) is 10.8 Å². The fraction of sp³-hybridized carbons (Fsp3) is 0.640. The van der Waals surface area contributed by atoms with Gasteiger partial charge in [-0.1, -0.05) is 82.0 Å². The molecule has 0 heterocycles. The number of ether oxygens (including phenoxy) is 1. The van der Waals surface area contributed by atoms with Crippen LogP contribution in [0.25, 0.3) is 6.08 Å². The summed E-state index contributed by atoms with van der Waals surface area (Å²) >= 11 is 0. The summed E-state index contributed by atoms with van der Waals surface area (Å²) in [6.45, 7) is 4.53. The Morgan fingerprint density at radius 2 is 1.79 bits per heavy atom. The van der Waals surface area contributed by atoms with Crippen LogP contribution in [-0.2, 0) is 9.53 Å². The molecule has 4 atom stereocenters. The van der Waals surface area contributed by atoms with E-state index < -0.39 is 6.10 Å². The van der Waals surface area contributed by atoms with Gasteiger partial charge in [0, 0.05) is 0 Å². The lowest BCUT2D eigenvalue weighted by atomic mass is 9.56. The normalized spacial score (nSPS) is 34.1. The summed E-state index contributed by atoms with van der Waals surface area (Å²) in [4.78, 5) is 12.8. The number of hydrogen-bond donors (Lipinski definition) is 1. The van der Waals surface area contributed by atoms with E-state index in [-0.39, 0.29) is 22.9 Å². The molecule has 1 aromatic rings. The van der Waals surface area contributed by atoms with Crippen LogP contribution in [0, 0.1) is 10.8 Å². The first-order valence-electron chi connectivity index (χ1n) is 11.0. The van der Waals surface area contributed by atoms with E-state index in [0.717, 1.165) is 51.4 Å². The van der Waals surface area contributed by atoms with Gasteiger partial charge in [0.25, 0.3) is 0 Å². The summed E-state index contributed by atoms with van der Waals surface area (Å²) in [5.74, 6) is -0.144. The Balaban J connectivity index is 1.70. The molecule has 0 saturated heterocycles. The number of hydrogen-bond acceptors (Lipinski definition) is 3. The summed E-state index contributed by atoms with van der Waals surface area (Å²) in [6.07, 6.45) is 13.3. The predicted octanol–water partition coefficient (Wildman–Crippen LogP) is 5.91. The molecule has 3 nitrogen and oxygen atoms in total. The van der Waals surface area contributed by atoms with Gasteiger partial charge in [0.1, 0.15) is 6.10 Å². The number of aliphatic hydroxyl groups is 1. The lowest BCUT2D eigenvalue weighted by Gasteiger charge is -2.48. The van der Waals surface area contributed by atoms with Gasteiger partial charge in [0.15, 0.2) is 0 Å². The quantitative estimate of drug-likeness (QED) is 0.507. The molecule has 2 aliphatic carbocycles. The van der Waals surface area contributed by atoms with E-state index in [0.29, 0.717) is 6.42 Å². The molecule has 154 valence electrons. The molecule has 0 amide bonds. The van der Waals surface area contributed by atoms with Gasteiger partial charge < -0.3 is 9.84 Å². The van der Waals surface area contributed by atoms with Crippen LogP contribution in [-0.4, -0.2) is 23.3 Å². The highest BCUT2D eigenvalue weighted by atomic mass is 16.6. The van der Waals surface area contributed by atoms with Gasteiger partial charge in [-0.05, 0) is 48.5 Å². The Kier molecular flexibility index (Phi) is 6.98. The molecule has 1 aromatic carbocycles. The van der Waals surface area contributed by atoms with E-state index in [1.807, 2.05) is 6.07 Å². The van der Waals surface area contributed by atoms with Crippen LogP contribution >= 0.6 is 0 Å². The average molecular weight is 385 g/mol. The van der Waals surface area contributed by atoms with Crippen LogP contribution < -0.4 is 0 Å². The largest absolute Gasteiger partial charge is 0.460 e. The number of esters is 1. The summed E-state index contributed by atoms with van der Waals surface area (Å²) < 4.78 is 5.79. The van der Waals surface area contributed by atoms with Crippen molar-refractivity contribution in [1.29, 1.82) is 0 Å². The van der Waals surface area contributed by atoms with E-state index >= 15 is 0 Å². The summed E-state index contributed by atoms with van der Waals surface area (Å²) in [7, 11) is 0. The van der Waals surface area contributed by atoms with E-state index in [1.54, 1.807) is 0 Å². The second kappa shape index (κ2) is 9.26. The molecule has 0 aromatic heterocycles. The molecule has 1 N–H and O–H groups in total. The highest BCUT2D eigenvalue weighted by Gasteiger charge is 2.46. The smallest absolute Gasteiger partial charge is 0.306 e. The van der Waals surface area contributed by atoms with Crippen molar-refractivity contribution in [2.45, 2.75) is 90.3 Å². The summed E-state index contributed by atoms with van der Waals surface area (Å²) in [6, 6.07) is 10.4. The molecule has 28 heavy (non-hydrogen) atoms. The van der Waals surface area contributed by atoms with Gasteiger partial charge in [-0.15, -0.1) is 0 Å². The Bertz CT molecular complexity index is 668. The van der Waals surface area contributed by atoms with Gasteiger partial charge in [0.05, 0.1) is 12.5 Å². The third-order valence-corrected chi connectivity index (χ3v) is 7.23. The third kappa shape index (κ3) is 5.05. The Morgan fingerprint density at radius 3 is 2.57 bits per heavy atom. The van der Waals surface area contributed by atoms with Crippen molar-refractivity contribution in [3.63, 3.8) is 0 Å². The summed E-state index contributed by atoms with van der Waals surface area (Å²) in [5.41, 5.74) is 1.03. The highest BCUT2D eigenvalue weighted by Crippen LogP contribution is 2.54. The highest BCUT2D eigenvalue weighted by molar-refractivity contribution is 5.71. The number of allylic oxidation sites excluding steroid dienone is 1. The van der Waals surface area contributed by atoms with Crippen molar-refractivity contribution < 1.29 is 14.6 Å². The maximum Gasteiger partial charge on any atom is 0.306 e. The molecule has 0 bridgehead atoms. The Labute approximate surface area is 170 Å². The van der Waals surface area contributed by atoms with E-state index in [2.05, 4.69) is 50.3 Å². The first-order valence-corrected chi connectivity index (χ1v) is 11.0. The first-order chi connectivity index (χ1) is 13.4. The van der Waals surface area contributed by atoms with E-state index in [1.165, 1.54) is 12.0 Å². The van der Waals surface area contributed by atoms with Gasteiger partial charge in [0.2, 0.25) is 0 Å². The van der Waals surface area contributed by atoms with Crippen LogP contribution in [0.3, 0.4) is 0 Å².